The molecule has 1 fully saturated rings. The van der Waals surface area contributed by atoms with E-state index in [9.17, 15) is 14.4 Å². The fraction of sp³-hybridized carbons (Fsp3) is 0.400. The summed E-state index contributed by atoms with van der Waals surface area (Å²) in [5.74, 6) is -0.428. The van der Waals surface area contributed by atoms with Gasteiger partial charge in [-0.3, -0.25) is 14.4 Å². The van der Waals surface area contributed by atoms with Crippen LogP contribution in [0, 0.1) is 0 Å². The molecule has 1 aromatic rings. The van der Waals surface area contributed by atoms with Crippen molar-refractivity contribution in [1.82, 2.24) is 9.80 Å². The Morgan fingerprint density at radius 3 is 2.39 bits per heavy atom. The average molecular weight is 321 g/mol. The fourth-order valence-electron chi connectivity index (χ4n) is 2.26. The van der Waals surface area contributed by atoms with Crippen LogP contribution in [0.4, 0.5) is 5.69 Å². The SMILES string of the molecule is COc1ccc(OC)c(NC(=O)C(=O)N2CCN(C=O)CC2)c1. The van der Waals surface area contributed by atoms with E-state index in [1.165, 1.54) is 19.1 Å². The van der Waals surface area contributed by atoms with Gasteiger partial charge in [-0.1, -0.05) is 0 Å². The number of carbonyl (C=O) groups is 3. The summed E-state index contributed by atoms with van der Waals surface area (Å²) in [6.45, 7) is 1.51. The number of hydrogen-bond donors (Lipinski definition) is 1. The molecule has 0 bridgehead atoms. The zero-order valence-corrected chi connectivity index (χ0v) is 13.1. The first-order valence-corrected chi connectivity index (χ1v) is 7.10. The standard InChI is InChI=1S/C15H19N3O5/c1-22-11-3-4-13(23-2)12(9-11)16-14(20)15(21)18-7-5-17(10-19)6-8-18/h3-4,9-10H,5-8H2,1-2H3,(H,16,20). The van der Waals surface area contributed by atoms with E-state index in [0.717, 1.165) is 6.41 Å². The number of ether oxygens (including phenoxy) is 2. The van der Waals surface area contributed by atoms with Crippen LogP contribution in [-0.4, -0.2) is 68.4 Å². The largest absolute Gasteiger partial charge is 0.497 e. The van der Waals surface area contributed by atoms with Crippen LogP contribution < -0.4 is 14.8 Å². The highest BCUT2D eigenvalue weighted by Gasteiger charge is 2.26. The van der Waals surface area contributed by atoms with Crippen LogP contribution >= 0.6 is 0 Å². The molecular formula is C15H19N3O5. The lowest BCUT2D eigenvalue weighted by atomic mass is 10.2. The lowest BCUT2D eigenvalue weighted by Crippen LogP contribution is -2.51. The van der Waals surface area contributed by atoms with Gasteiger partial charge in [0.2, 0.25) is 6.41 Å². The predicted molar refractivity (Wildman–Crippen MR) is 82.4 cm³/mol. The molecule has 3 amide bonds. The van der Waals surface area contributed by atoms with Crippen molar-refractivity contribution in [2.45, 2.75) is 0 Å². The molecule has 0 atom stereocenters. The molecule has 1 aromatic carbocycles. The van der Waals surface area contributed by atoms with E-state index >= 15 is 0 Å². The fourth-order valence-corrected chi connectivity index (χ4v) is 2.26. The zero-order chi connectivity index (χ0) is 16.8. The van der Waals surface area contributed by atoms with Gasteiger partial charge in [-0.25, -0.2) is 0 Å². The molecule has 0 aromatic heterocycles. The molecule has 0 saturated carbocycles. The Kier molecular flexibility index (Phi) is 5.40. The third-order valence-electron chi connectivity index (χ3n) is 3.60. The van der Waals surface area contributed by atoms with E-state index < -0.39 is 11.8 Å². The summed E-state index contributed by atoms with van der Waals surface area (Å²) in [7, 11) is 2.98. The Balaban J connectivity index is 2.04. The molecule has 8 heteroatoms. The first kappa shape index (κ1) is 16.6. The molecule has 23 heavy (non-hydrogen) atoms. The maximum absolute atomic E-state index is 12.2. The summed E-state index contributed by atoms with van der Waals surface area (Å²) in [6.07, 6.45) is 0.739. The number of anilines is 1. The van der Waals surface area contributed by atoms with Crippen molar-refractivity contribution in [1.29, 1.82) is 0 Å². The summed E-state index contributed by atoms with van der Waals surface area (Å²) in [6, 6.07) is 4.91. The van der Waals surface area contributed by atoms with Crippen LogP contribution in [0.25, 0.3) is 0 Å². The molecule has 1 aliphatic heterocycles. The third kappa shape index (κ3) is 3.91. The van der Waals surface area contributed by atoms with Crippen molar-refractivity contribution in [2.75, 3.05) is 45.7 Å². The number of amides is 3. The topological polar surface area (TPSA) is 88.2 Å². The summed E-state index contributed by atoms with van der Waals surface area (Å²) in [4.78, 5) is 38.0. The smallest absolute Gasteiger partial charge is 0.314 e. The van der Waals surface area contributed by atoms with Gasteiger partial charge in [0.05, 0.1) is 19.9 Å². The molecule has 0 aliphatic carbocycles. The second-order valence-electron chi connectivity index (χ2n) is 4.95. The second-order valence-corrected chi connectivity index (χ2v) is 4.95. The quantitative estimate of drug-likeness (QED) is 0.620. The van der Waals surface area contributed by atoms with Crippen molar-refractivity contribution < 1.29 is 23.9 Å². The van der Waals surface area contributed by atoms with E-state index in [-0.39, 0.29) is 0 Å². The van der Waals surface area contributed by atoms with Gasteiger partial charge in [-0.2, -0.15) is 0 Å². The van der Waals surface area contributed by atoms with Gasteiger partial charge in [0, 0.05) is 32.2 Å². The molecule has 1 heterocycles. The van der Waals surface area contributed by atoms with Gasteiger partial charge in [0.15, 0.2) is 0 Å². The van der Waals surface area contributed by atoms with Gasteiger partial charge in [0.1, 0.15) is 11.5 Å². The van der Waals surface area contributed by atoms with Crippen molar-refractivity contribution in [3.63, 3.8) is 0 Å². The third-order valence-corrected chi connectivity index (χ3v) is 3.60. The van der Waals surface area contributed by atoms with Gasteiger partial charge in [0.25, 0.3) is 0 Å². The number of piperazine rings is 1. The summed E-state index contributed by atoms with van der Waals surface area (Å²) in [5, 5.41) is 2.54. The second kappa shape index (κ2) is 7.48. The Hall–Kier alpha value is -2.77. The molecule has 1 saturated heterocycles. The lowest BCUT2D eigenvalue weighted by Gasteiger charge is -2.32. The Morgan fingerprint density at radius 1 is 1.13 bits per heavy atom. The Bertz CT molecular complexity index is 597. The molecule has 124 valence electrons. The first-order chi connectivity index (χ1) is 11.1. The molecule has 8 nitrogen and oxygen atoms in total. The van der Waals surface area contributed by atoms with Crippen LogP contribution in [0.1, 0.15) is 0 Å². The van der Waals surface area contributed by atoms with E-state index in [4.69, 9.17) is 9.47 Å². The molecule has 2 rings (SSSR count). The normalized spacial score (nSPS) is 14.2. The van der Waals surface area contributed by atoms with Crippen LogP contribution in [0.3, 0.4) is 0 Å². The average Bonchev–Trinajstić information content (AvgIpc) is 2.61. The van der Waals surface area contributed by atoms with Crippen LogP contribution in [0.2, 0.25) is 0 Å². The van der Waals surface area contributed by atoms with E-state index in [2.05, 4.69) is 5.32 Å². The molecular weight excluding hydrogens is 302 g/mol. The predicted octanol–water partition coefficient (Wildman–Crippen LogP) is -0.0571. The van der Waals surface area contributed by atoms with Crippen LogP contribution in [0.5, 0.6) is 11.5 Å². The highest BCUT2D eigenvalue weighted by atomic mass is 16.5. The lowest BCUT2D eigenvalue weighted by molar-refractivity contribution is -0.144. The highest BCUT2D eigenvalue weighted by Crippen LogP contribution is 2.28. The minimum absolute atomic E-state index is 0.334. The Labute approximate surface area is 133 Å². The zero-order valence-electron chi connectivity index (χ0n) is 13.1. The monoisotopic (exact) mass is 321 g/mol. The Morgan fingerprint density at radius 2 is 1.83 bits per heavy atom. The van der Waals surface area contributed by atoms with Crippen LogP contribution in [-0.2, 0) is 14.4 Å². The van der Waals surface area contributed by atoms with Gasteiger partial charge in [-0.15, -0.1) is 0 Å². The molecule has 0 spiro atoms. The number of nitrogens with zero attached hydrogens (tertiary/aromatic N) is 2. The summed E-state index contributed by atoms with van der Waals surface area (Å²) in [5.41, 5.74) is 0.358. The van der Waals surface area contributed by atoms with E-state index in [1.807, 2.05) is 0 Å². The van der Waals surface area contributed by atoms with Gasteiger partial charge < -0.3 is 24.6 Å². The maximum Gasteiger partial charge on any atom is 0.314 e. The van der Waals surface area contributed by atoms with Gasteiger partial charge >= 0.3 is 11.8 Å². The highest BCUT2D eigenvalue weighted by molar-refractivity contribution is 6.39. The van der Waals surface area contributed by atoms with Crippen LogP contribution in [0.15, 0.2) is 18.2 Å². The maximum atomic E-state index is 12.2. The van der Waals surface area contributed by atoms with Gasteiger partial charge in [-0.05, 0) is 12.1 Å². The number of carbonyl (C=O) groups excluding carboxylic acids is 3. The van der Waals surface area contributed by atoms with Crippen molar-refractivity contribution in [2.24, 2.45) is 0 Å². The number of hydrogen-bond acceptors (Lipinski definition) is 5. The molecule has 1 aliphatic rings. The number of methoxy groups -OCH3 is 2. The van der Waals surface area contributed by atoms with Crippen molar-refractivity contribution in [3.05, 3.63) is 18.2 Å². The summed E-state index contributed by atoms with van der Waals surface area (Å²) >= 11 is 0. The number of nitrogens with one attached hydrogen (secondary N) is 1. The minimum atomic E-state index is -0.754. The molecule has 0 unspecified atom stereocenters. The first-order valence-electron chi connectivity index (χ1n) is 7.10. The number of rotatable bonds is 4. The number of benzene rings is 1. The van der Waals surface area contributed by atoms with Crippen molar-refractivity contribution in [3.8, 4) is 11.5 Å². The minimum Gasteiger partial charge on any atom is -0.497 e. The summed E-state index contributed by atoms with van der Waals surface area (Å²) < 4.78 is 10.3. The molecule has 1 N–H and O–H groups in total. The molecule has 0 radical (unpaired) electrons. The van der Waals surface area contributed by atoms with E-state index in [1.54, 1.807) is 23.1 Å². The van der Waals surface area contributed by atoms with Crippen molar-refractivity contribution >= 4 is 23.9 Å². The van der Waals surface area contributed by atoms with E-state index in [0.29, 0.717) is 43.4 Å².